The lowest BCUT2D eigenvalue weighted by atomic mass is 9.79. The summed E-state index contributed by atoms with van der Waals surface area (Å²) >= 11 is 0. The van der Waals surface area contributed by atoms with Gasteiger partial charge in [0.05, 0.1) is 28.3 Å². The maximum atomic E-state index is 12.8. The van der Waals surface area contributed by atoms with E-state index in [9.17, 15) is 4.79 Å². The molecule has 0 bridgehead atoms. The fourth-order valence-corrected chi connectivity index (χ4v) is 4.09. The Labute approximate surface area is 185 Å². The third-order valence-corrected chi connectivity index (χ3v) is 6.50. The van der Waals surface area contributed by atoms with E-state index in [1.54, 1.807) is 0 Å². The Kier molecular flexibility index (Phi) is 5.37. The standard InChI is InChI=1S/C23H34BN3O4/c1-21(2,3)29-20(28)27-13-9-8-10-18(27)19-25-16-12-11-15(14-17(16)26-19)24-30-22(4,5)23(6,7)31-24/h11-12,14,18H,8-10,13H2,1-7H3,(H,25,26). The van der Waals surface area contributed by atoms with Crippen molar-refractivity contribution in [1.82, 2.24) is 14.9 Å². The quantitative estimate of drug-likeness (QED) is 0.723. The summed E-state index contributed by atoms with van der Waals surface area (Å²) in [6, 6.07) is 5.91. The number of carbonyl (C=O) groups excluding carboxylic acids is 1. The van der Waals surface area contributed by atoms with E-state index in [0.717, 1.165) is 41.6 Å². The molecule has 1 atom stereocenters. The van der Waals surface area contributed by atoms with Gasteiger partial charge in [-0.05, 0) is 85.3 Å². The van der Waals surface area contributed by atoms with Gasteiger partial charge in [-0.15, -0.1) is 0 Å². The Hall–Kier alpha value is -2.06. The van der Waals surface area contributed by atoms with Crippen molar-refractivity contribution in [3.8, 4) is 0 Å². The zero-order valence-corrected chi connectivity index (χ0v) is 19.7. The Balaban J connectivity index is 1.60. The average molecular weight is 427 g/mol. The van der Waals surface area contributed by atoms with Crippen molar-refractivity contribution in [2.75, 3.05) is 6.54 Å². The second kappa shape index (κ2) is 7.52. The highest BCUT2D eigenvalue weighted by Crippen LogP contribution is 2.37. The number of nitrogens with zero attached hydrogens (tertiary/aromatic N) is 2. The number of hydrogen-bond acceptors (Lipinski definition) is 5. The van der Waals surface area contributed by atoms with Crippen molar-refractivity contribution in [3.63, 3.8) is 0 Å². The lowest BCUT2D eigenvalue weighted by Crippen LogP contribution is -2.42. The molecule has 0 radical (unpaired) electrons. The van der Waals surface area contributed by atoms with Crippen molar-refractivity contribution in [2.45, 2.75) is 90.6 Å². The van der Waals surface area contributed by atoms with Crippen LogP contribution in [0, 0.1) is 0 Å². The molecular weight excluding hydrogens is 393 g/mol. The van der Waals surface area contributed by atoms with Gasteiger partial charge >= 0.3 is 13.2 Å². The van der Waals surface area contributed by atoms with Crippen molar-refractivity contribution in [2.24, 2.45) is 0 Å². The van der Waals surface area contributed by atoms with Crippen LogP contribution in [0.25, 0.3) is 11.0 Å². The number of piperidine rings is 1. The minimum absolute atomic E-state index is 0.115. The van der Waals surface area contributed by atoms with Crippen LogP contribution in [0.5, 0.6) is 0 Å². The summed E-state index contributed by atoms with van der Waals surface area (Å²) in [7, 11) is -0.422. The first-order valence-corrected chi connectivity index (χ1v) is 11.2. The van der Waals surface area contributed by atoms with E-state index in [1.807, 2.05) is 71.6 Å². The number of imidazole rings is 1. The molecule has 7 nitrogen and oxygen atoms in total. The predicted octanol–water partition coefficient (Wildman–Crippen LogP) is 4.32. The molecule has 4 rings (SSSR count). The SMILES string of the molecule is CC(C)(C)OC(=O)N1CCCCC1c1nc2ccc(B3OC(C)(C)C(C)(C)O3)cc2[nH]1. The molecule has 1 aromatic heterocycles. The molecule has 1 amide bonds. The fraction of sp³-hybridized carbons (Fsp3) is 0.652. The smallest absolute Gasteiger partial charge is 0.444 e. The van der Waals surface area contributed by atoms with Gasteiger partial charge in [-0.2, -0.15) is 0 Å². The average Bonchev–Trinajstić information content (AvgIpc) is 3.17. The van der Waals surface area contributed by atoms with E-state index < -0.39 is 12.7 Å². The highest BCUT2D eigenvalue weighted by atomic mass is 16.7. The summed E-state index contributed by atoms with van der Waals surface area (Å²) < 4.78 is 18.0. The minimum atomic E-state index is -0.523. The molecule has 0 aliphatic carbocycles. The third-order valence-electron chi connectivity index (χ3n) is 6.50. The summed E-state index contributed by atoms with van der Waals surface area (Å²) in [5, 5.41) is 0. The molecule has 168 valence electrons. The molecule has 1 aromatic carbocycles. The summed E-state index contributed by atoms with van der Waals surface area (Å²) in [4.78, 5) is 22.8. The van der Waals surface area contributed by atoms with Crippen LogP contribution >= 0.6 is 0 Å². The number of rotatable bonds is 2. The molecule has 1 unspecified atom stereocenters. The van der Waals surface area contributed by atoms with Gasteiger partial charge in [0, 0.05) is 6.54 Å². The number of benzene rings is 1. The molecule has 1 N–H and O–H groups in total. The van der Waals surface area contributed by atoms with Gasteiger partial charge < -0.3 is 19.0 Å². The summed E-state index contributed by atoms with van der Waals surface area (Å²) in [6.45, 7) is 14.5. The second-order valence-electron chi connectivity index (χ2n) is 10.7. The van der Waals surface area contributed by atoms with Crippen molar-refractivity contribution in [1.29, 1.82) is 0 Å². The van der Waals surface area contributed by atoms with Gasteiger partial charge in [0.2, 0.25) is 0 Å². The number of carbonyl (C=O) groups is 1. The Morgan fingerprint density at radius 2 is 1.87 bits per heavy atom. The van der Waals surface area contributed by atoms with Crippen LogP contribution in [0.1, 0.15) is 79.6 Å². The first kappa shape index (κ1) is 22.2. The Morgan fingerprint density at radius 3 is 2.52 bits per heavy atom. The van der Waals surface area contributed by atoms with Crippen molar-refractivity contribution < 1.29 is 18.8 Å². The van der Waals surface area contributed by atoms with Crippen LogP contribution in [0.3, 0.4) is 0 Å². The maximum absolute atomic E-state index is 12.8. The number of H-pyrrole nitrogens is 1. The van der Waals surface area contributed by atoms with Crippen molar-refractivity contribution in [3.05, 3.63) is 24.0 Å². The molecule has 2 aliphatic rings. The molecule has 0 saturated carbocycles. The van der Waals surface area contributed by atoms with Gasteiger partial charge in [-0.3, -0.25) is 4.90 Å². The number of fused-ring (bicyclic) bond motifs is 1. The molecule has 8 heteroatoms. The molecule has 3 heterocycles. The number of hydrogen-bond donors (Lipinski definition) is 1. The highest BCUT2D eigenvalue weighted by Gasteiger charge is 2.51. The van der Waals surface area contributed by atoms with Crippen LogP contribution in [0.15, 0.2) is 18.2 Å². The molecule has 31 heavy (non-hydrogen) atoms. The first-order valence-electron chi connectivity index (χ1n) is 11.2. The first-order chi connectivity index (χ1) is 14.4. The Bertz CT molecular complexity index is 963. The topological polar surface area (TPSA) is 76.7 Å². The molecular formula is C23H34BN3O4. The molecule has 0 spiro atoms. The van der Waals surface area contributed by atoms with E-state index in [0.29, 0.717) is 6.54 Å². The molecule has 2 aromatic rings. The van der Waals surface area contributed by atoms with Gasteiger partial charge in [0.25, 0.3) is 0 Å². The zero-order chi connectivity index (χ0) is 22.6. The van der Waals surface area contributed by atoms with Crippen LogP contribution in [-0.4, -0.2) is 51.4 Å². The van der Waals surface area contributed by atoms with E-state index in [1.165, 1.54) is 0 Å². The molecule has 2 fully saturated rings. The normalized spacial score (nSPS) is 23.4. The maximum Gasteiger partial charge on any atom is 0.494 e. The predicted molar refractivity (Wildman–Crippen MR) is 121 cm³/mol. The number of nitrogens with one attached hydrogen (secondary N) is 1. The van der Waals surface area contributed by atoms with Gasteiger partial charge in [0.15, 0.2) is 0 Å². The van der Waals surface area contributed by atoms with Crippen LogP contribution in [-0.2, 0) is 14.0 Å². The number of ether oxygens (including phenoxy) is 1. The largest absolute Gasteiger partial charge is 0.494 e. The lowest BCUT2D eigenvalue weighted by Gasteiger charge is -2.35. The molecule has 2 saturated heterocycles. The van der Waals surface area contributed by atoms with E-state index >= 15 is 0 Å². The van der Waals surface area contributed by atoms with Crippen molar-refractivity contribution >= 4 is 29.7 Å². The molecule has 2 aliphatic heterocycles. The Morgan fingerprint density at radius 1 is 1.19 bits per heavy atom. The van der Waals surface area contributed by atoms with Gasteiger partial charge in [-0.1, -0.05) is 6.07 Å². The summed E-state index contributed by atoms with van der Waals surface area (Å²) in [5.41, 5.74) is 1.43. The zero-order valence-electron chi connectivity index (χ0n) is 19.7. The van der Waals surface area contributed by atoms with Gasteiger partial charge in [0.1, 0.15) is 11.4 Å². The van der Waals surface area contributed by atoms with E-state index in [4.69, 9.17) is 19.0 Å². The fourth-order valence-electron chi connectivity index (χ4n) is 4.09. The monoisotopic (exact) mass is 427 g/mol. The minimum Gasteiger partial charge on any atom is -0.444 e. The van der Waals surface area contributed by atoms with Crippen LogP contribution in [0.4, 0.5) is 4.79 Å². The summed E-state index contributed by atoms with van der Waals surface area (Å²) in [5.74, 6) is 0.798. The van der Waals surface area contributed by atoms with Crippen LogP contribution in [0.2, 0.25) is 0 Å². The summed E-state index contributed by atoms with van der Waals surface area (Å²) in [6.07, 6.45) is 2.61. The number of aromatic amines is 1. The number of likely N-dealkylation sites (tertiary alicyclic amines) is 1. The lowest BCUT2D eigenvalue weighted by molar-refractivity contribution is 0.00578. The van der Waals surface area contributed by atoms with Crippen LogP contribution < -0.4 is 5.46 Å². The second-order valence-corrected chi connectivity index (χ2v) is 10.7. The number of amides is 1. The van der Waals surface area contributed by atoms with Gasteiger partial charge in [-0.25, -0.2) is 9.78 Å². The van der Waals surface area contributed by atoms with E-state index in [-0.39, 0.29) is 23.3 Å². The number of aromatic nitrogens is 2. The van der Waals surface area contributed by atoms with E-state index in [2.05, 4.69) is 4.98 Å². The third kappa shape index (κ3) is 4.33. The highest BCUT2D eigenvalue weighted by molar-refractivity contribution is 6.62.